The minimum Gasteiger partial charge on any atom is -0.496 e. The molecule has 0 aliphatic carbocycles. The number of aliphatic hydroxyl groups excluding tert-OH is 1. The van der Waals surface area contributed by atoms with Gasteiger partial charge in [0.2, 0.25) is 0 Å². The summed E-state index contributed by atoms with van der Waals surface area (Å²) in [7, 11) is 1.62. The molecule has 1 atom stereocenters. The number of anilines is 1. The van der Waals surface area contributed by atoms with E-state index in [1.54, 1.807) is 19.2 Å². The molecule has 2 saturated heterocycles. The zero-order valence-electron chi connectivity index (χ0n) is 18.0. The Kier molecular flexibility index (Phi) is 6.73. The maximum absolute atomic E-state index is 11.9. The molecule has 0 bridgehead atoms. The van der Waals surface area contributed by atoms with Crippen LogP contribution >= 0.6 is 0 Å². The zero-order valence-corrected chi connectivity index (χ0v) is 18.0. The third-order valence-corrected chi connectivity index (χ3v) is 6.58. The zero-order chi connectivity index (χ0) is 21.8. The SMILES string of the molecule is COc1ccccc1-c1ccc(C(=O)O)c(N2CCC(N3CCC[C@@H](CO)C3)CC2)n1. The number of benzene rings is 1. The summed E-state index contributed by atoms with van der Waals surface area (Å²) in [6, 6.07) is 11.5. The van der Waals surface area contributed by atoms with Gasteiger partial charge in [-0.05, 0) is 62.4 Å². The van der Waals surface area contributed by atoms with Gasteiger partial charge < -0.3 is 19.8 Å². The summed E-state index contributed by atoms with van der Waals surface area (Å²) in [5, 5.41) is 19.3. The number of methoxy groups -OCH3 is 1. The Balaban J connectivity index is 1.54. The summed E-state index contributed by atoms with van der Waals surface area (Å²) < 4.78 is 5.47. The number of likely N-dealkylation sites (tertiary alicyclic amines) is 1. The van der Waals surface area contributed by atoms with E-state index in [-0.39, 0.29) is 12.2 Å². The van der Waals surface area contributed by atoms with Gasteiger partial charge in [-0.2, -0.15) is 0 Å². The first-order chi connectivity index (χ1) is 15.1. The number of carboxylic acid groups (broad SMARTS) is 1. The van der Waals surface area contributed by atoms with Crippen molar-refractivity contribution in [2.24, 2.45) is 5.92 Å². The van der Waals surface area contributed by atoms with Gasteiger partial charge in [0.15, 0.2) is 0 Å². The molecule has 31 heavy (non-hydrogen) atoms. The van der Waals surface area contributed by atoms with Crippen molar-refractivity contribution in [3.63, 3.8) is 0 Å². The number of hydrogen-bond acceptors (Lipinski definition) is 6. The van der Waals surface area contributed by atoms with Gasteiger partial charge in [0.1, 0.15) is 17.1 Å². The van der Waals surface area contributed by atoms with Crippen LogP contribution in [0.15, 0.2) is 36.4 Å². The van der Waals surface area contributed by atoms with Gasteiger partial charge >= 0.3 is 5.97 Å². The van der Waals surface area contributed by atoms with Crippen molar-refractivity contribution in [3.05, 3.63) is 42.0 Å². The second-order valence-corrected chi connectivity index (χ2v) is 8.48. The van der Waals surface area contributed by atoms with E-state index >= 15 is 0 Å². The summed E-state index contributed by atoms with van der Waals surface area (Å²) in [4.78, 5) is 21.3. The molecule has 4 rings (SSSR count). The quantitative estimate of drug-likeness (QED) is 0.735. The largest absolute Gasteiger partial charge is 0.496 e. The average Bonchev–Trinajstić information content (AvgIpc) is 2.83. The van der Waals surface area contributed by atoms with Crippen LogP contribution in [0.1, 0.15) is 36.0 Å². The number of pyridine rings is 1. The van der Waals surface area contributed by atoms with Crippen LogP contribution in [-0.4, -0.2) is 72.0 Å². The van der Waals surface area contributed by atoms with Gasteiger partial charge in [0, 0.05) is 37.8 Å². The van der Waals surface area contributed by atoms with Crippen molar-refractivity contribution < 1.29 is 19.7 Å². The fourth-order valence-corrected chi connectivity index (χ4v) is 4.88. The fraction of sp³-hybridized carbons (Fsp3) is 0.500. The van der Waals surface area contributed by atoms with E-state index in [4.69, 9.17) is 9.72 Å². The molecular weight excluding hydrogens is 394 g/mol. The summed E-state index contributed by atoms with van der Waals surface area (Å²) in [5.74, 6) is 0.662. The average molecular weight is 426 g/mol. The third-order valence-electron chi connectivity index (χ3n) is 6.58. The number of aromatic carboxylic acids is 1. The second kappa shape index (κ2) is 9.66. The first kappa shape index (κ1) is 21.6. The molecule has 2 aromatic rings. The lowest BCUT2D eigenvalue weighted by Crippen LogP contribution is -2.49. The monoisotopic (exact) mass is 425 g/mol. The van der Waals surface area contributed by atoms with E-state index in [0.717, 1.165) is 57.4 Å². The summed E-state index contributed by atoms with van der Waals surface area (Å²) in [6.45, 7) is 3.85. The molecule has 7 nitrogen and oxygen atoms in total. The lowest BCUT2D eigenvalue weighted by Gasteiger charge is -2.42. The Labute approximate surface area is 183 Å². The van der Waals surface area contributed by atoms with Crippen molar-refractivity contribution >= 4 is 11.8 Å². The van der Waals surface area contributed by atoms with E-state index in [0.29, 0.717) is 29.2 Å². The summed E-state index contributed by atoms with van der Waals surface area (Å²) >= 11 is 0. The first-order valence-corrected chi connectivity index (χ1v) is 11.1. The molecule has 7 heteroatoms. The predicted octanol–water partition coefficient (Wildman–Crippen LogP) is 3.13. The number of aromatic nitrogens is 1. The topological polar surface area (TPSA) is 86.1 Å². The first-order valence-electron chi connectivity index (χ1n) is 11.1. The van der Waals surface area contributed by atoms with Crippen molar-refractivity contribution in [1.29, 1.82) is 0 Å². The van der Waals surface area contributed by atoms with Crippen LogP contribution in [0, 0.1) is 5.92 Å². The van der Waals surface area contributed by atoms with E-state index < -0.39 is 5.97 Å². The van der Waals surface area contributed by atoms with Crippen molar-refractivity contribution in [1.82, 2.24) is 9.88 Å². The Hall–Kier alpha value is -2.64. The number of nitrogens with zero attached hydrogens (tertiary/aromatic N) is 3. The maximum Gasteiger partial charge on any atom is 0.339 e. The van der Waals surface area contributed by atoms with Gasteiger partial charge in [-0.15, -0.1) is 0 Å². The van der Waals surface area contributed by atoms with Gasteiger partial charge in [0.05, 0.1) is 12.8 Å². The number of piperidine rings is 2. The lowest BCUT2D eigenvalue weighted by atomic mass is 9.94. The highest BCUT2D eigenvalue weighted by molar-refractivity contribution is 5.94. The second-order valence-electron chi connectivity index (χ2n) is 8.48. The molecule has 166 valence electrons. The number of carboxylic acids is 1. The normalized spacial score (nSPS) is 20.6. The number of rotatable bonds is 6. The van der Waals surface area contributed by atoms with E-state index in [9.17, 15) is 15.0 Å². The molecule has 2 aliphatic rings. The minimum atomic E-state index is -0.960. The number of ether oxygens (including phenoxy) is 1. The lowest BCUT2D eigenvalue weighted by molar-refractivity contribution is 0.0696. The van der Waals surface area contributed by atoms with Crippen LogP contribution in [0.4, 0.5) is 5.82 Å². The molecule has 0 radical (unpaired) electrons. The summed E-state index contributed by atoms with van der Waals surface area (Å²) in [6.07, 6.45) is 4.18. The summed E-state index contributed by atoms with van der Waals surface area (Å²) in [5.41, 5.74) is 1.79. The molecule has 0 saturated carbocycles. The van der Waals surface area contributed by atoms with Crippen molar-refractivity contribution in [2.75, 3.05) is 44.8 Å². The number of aliphatic hydroxyl groups is 1. The van der Waals surface area contributed by atoms with Crippen LogP contribution in [0.5, 0.6) is 5.75 Å². The van der Waals surface area contributed by atoms with Crippen LogP contribution < -0.4 is 9.64 Å². The number of hydrogen-bond donors (Lipinski definition) is 2. The molecular formula is C24H31N3O4. The predicted molar refractivity (Wildman–Crippen MR) is 120 cm³/mol. The maximum atomic E-state index is 11.9. The molecule has 2 N–H and O–H groups in total. The standard InChI is InChI=1S/C24H31N3O4/c1-31-22-7-3-2-6-19(22)21-9-8-20(24(29)30)23(25-21)26-13-10-18(11-14-26)27-12-4-5-17(15-27)16-28/h2-3,6-9,17-18,28H,4-5,10-16H2,1H3,(H,29,30)/t17-/m1/s1. The Morgan fingerprint density at radius 1 is 1.13 bits per heavy atom. The van der Waals surface area contributed by atoms with Crippen LogP contribution in [0.3, 0.4) is 0 Å². The smallest absolute Gasteiger partial charge is 0.339 e. The number of para-hydroxylation sites is 1. The molecule has 0 amide bonds. The van der Waals surface area contributed by atoms with Gasteiger partial charge in [-0.3, -0.25) is 4.90 Å². The molecule has 3 heterocycles. The molecule has 2 aliphatic heterocycles. The highest BCUT2D eigenvalue weighted by Crippen LogP contribution is 2.32. The van der Waals surface area contributed by atoms with Crippen LogP contribution in [0.2, 0.25) is 0 Å². The van der Waals surface area contributed by atoms with Crippen molar-refractivity contribution in [2.45, 2.75) is 31.7 Å². The van der Waals surface area contributed by atoms with E-state index in [2.05, 4.69) is 9.80 Å². The molecule has 0 unspecified atom stereocenters. The van der Waals surface area contributed by atoms with Gasteiger partial charge in [-0.25, -0.2) is 9.78 Å². The Morgan fingerprint density at radius 3 is 2.61 bits per heavy atom. The van der Waals surface area contributed by atoms with Crippen LogP contribution in [-0.2, 0) is 0 Å². The Morgan fingerprint density at radius 2 is 1.90 bits per heavy atom. The minimum absolute atomic E-state index is 0.232. The van der Waals surface area contributed by atoms with Gasteiger partial charge in [0.25, 0.3) is 0 Å². The third kappa shape index (κ3) is 4.67. The van der Waals surface area contributed by atoms with Crippen LogP contribution in [0.25, 0.3) is 11.3 Å². The van der Waals surface area contributed by atoms with E-state index in [1.165, 1.54) is 0 Å². The fourth-order valence-electron chi connectivity index (χ4n) is 4.88. The Bertz CT molecular complexity index is 911. The van der Waals surface area contributed by atoms with Crippen molar-refractivity contribution in [3.8, 4) is 17.0 Å². The molecule has 1 aromatic carbocycles. The molecule has 2 fully saturated rings. The number of carbonyl (C=O) groups is 1. The highest BCUT2D eigenvalue weighted by Gasteiger charge is 2.30. The molecule has 0 spiro atoms. The molecule has 1 aromatic heterocycles. The highest BCUT2D eigenvalue weighted by atomic mass is 16.5. The van der Waals surface area contributed by atoms with Gasteiger partial charge in [-0.1, -0.05) is 12.1 Å². The van der Waals surface area contributed by atoms with E-state index in [1.807, 2.05) is 24.3 Å².